The van der Waals surface area contributed by atoms with E-state index < -0.39 is 6.10 Å². The first-order valence-corrected chi connectivity index (χ1v) is 32.3. The Bertz CT molecular complexity index is 1730. The number of unbranched alkanes of at least 4 members (excludes halogenated alkanes) is 22. The number of esters is 3. The van der Waals surface area contributed by atoms with Crippen molar-refractivity contribution in [1.82, 2.24) is 0 Å². The molecule has 0 amide bonds. The van der Waals surface area contributed by atoms with Crippen LogP contribution in [0.15, 0.2) is 146 Å². The van der Waals surface area contributed by atoms with Gasteiger partial charge >= 0.3 is 17.9 Å². The summed E-state index contributed by atoms with van der Waals surface area (Å²) in [4.78, 5) is 38.2. The van der Waals surface area contributed by atoms with Crippen molar-refractivity contribution >= 4 is 17.9 Å². The van der Waals surface area contributed by atoms with E-state index in [9.17, 15) is 14.4 Å². The Morgan fingerprint density at radius 3 is 0.797 bits per heavy atom. The highest BCUT2D eigenvalue weighted by Crippen LogP contribution is 2.15. The molecule has 0 aromatic rings. The molecule has 6 heteroatoms. The molecule has 79 heavy (non-hydrogen) atoms. The van der Waals surface area contributed by atoms with Gasteiger partial charge in [-0.05, 0) is 135 Å². The molecule has 446 valence electrons. The predicted octanol–water partition coefficient (Wildman–Crippen LogP) is 22.3. The lowest BCUT2D eigenvalue weighted by Gasteiger charge is -2.18. The van der Waals surface area contributed by atoms with Gasteiger partial charge in [-0.3, -0.25) is 14.4 Å². The zero-order chi connectivity index (χ0) is 57.1. The number of ether oxygens (including phenoxy) is 3. The van der Waals surface area contributed by atoms with Crippen LogP contribution in [0.1, 0.15) is 278 Å². The van der Waals surface area contributed by atoms with Crippen LogP contribution in [0.3, 0.4) is 0 Å². The molecule has 0 saturated heterocycles. The third-order valence-electron chi connectivity index (χ3n) is 13.3. The largest absolute Gasteiger partial charge is 0.462 e. The number of hydrogen-bond donors (Lipinski definition) is 0. The van der Waals surface area contributed by atoms with Crippen LogP contribution < -0.4 is 0 Å². The Hall–Kier alpha value is -4.71. The quantitative estimate of drug-likeness (QED) is 0.0261. The third kappa shape index (κ3) is 64.0. The smallest absolute Gasteiger partial charge is 0.306 e. The van der Waals surface area contributed by atoms with E-state index in [1.54, 1.807) is 0 Å². The zero-order valence-corrected chi connectivity index (χ0v) is 51.1. The normalized spacial score (nSPS) is 13.1. The van der Waals surface area contributed by atoms with Gasteiger partial charge in [0.05, 0.1) is 0 Å². The third-order valence-corrected chi connectivity index (χ3v) is 13.3. The summed E-state index contributed by atoms with van der Waals surface area (Å²) in [6.45, 7) is 6.30. The average molecular weight is 1090 g/mol. The minimum absolute atomic E-state index is 0.103. The van der Waals surface area contributed by atoms with Crippen molar-refractivity contribution in [3.63, 3.8) is 0 Å². The predicted molar refractivity (Wildman–Crippen MR) is 343 cm³/mol. The molecule has 0 aromatic heterocycles. The summed E-state index contributed by atoms with van der Waals surface area (Å²) in [6.07, 6.45) is 94.4. The first-order valence-electron chi connectivity index (χ1n) is 32.3. The number of allylic oxidation sites excluding steroid dienone is 24. The van der Waals surface area contributed by atoms with Crippen molar-refractivity contribution in [2.45, 2.75) is 284 Å². The van der Waals surface area contributed by atoms with Crippen molar-refractivity contribution in [1.29, 1.82) is 0 Å². The van der Waals surface area contributed by atoms with Gasteiger partial charge in [-0.25, -0.2) is 0 Å². The van der Waals surface area contributed by atoms with Gasteiger partial charge in [-0.2, -0.15) is 0 Å². The molecular weight excluding hydrogens is 973 g/mol. The van der Waals surface area contributed by atoms with Crippen molar-refractivity contribution in [2.75, 3.05) is 13.2 Å². The van der Waals surface area contributed by atoms with Crippen molar-refractivity contribution in [2.24, 2.45) is 0 Å². The lowest BCUT2D eigenvalue weighted by Crippen LogP contribution is -2.30. The zero-order valence-electron chi connectivity index (χ0n) is 51.1. The van der Waals surface area contributed by atoms with E-state index in [0.717, 1.165) is 148 Å². The molecule has 0 aliphatic rings. The summed E-state index contributed by atoms with van der Waals surface area (Å²) in [5.74, 6) is -0.960. The number of hydrogen-bond acceptors (Lipinski definition) is 6. The summed E-state index contributed by atoms with van der Waals surface area (Å²) in [5.41, 5.74) is 0. The van der Waals surface area contributed by atoms with Crippen molar-refractivity contribution < 1.29 is 28.6 Å². The van der Waals surface area contributed by atoms with E-state index >= 15 is 0 Å². The highest BCUT2D eigenvalue weighted by Gasteiger charge is 2.19. The Kier molecular flexibility index (Phi) is 61.9. The van der Waals surface area contributed by atoms with Crippen molar-refractivity contribution in [3.05, 3.63) is 146 Å². The second kappa shape index (κ2) is 65.8. The number of carbonyl (C=O) groups excluding carboxylic acids is 3. The van der Waals surface area contributed by atoms with Gasteiger partial charge in [-0.15, -0.1) is 0 Å². The Morgan fingerprint density at radius 2 is 0.494 bits per heavy atom. The van der Waals surface area contributed by atoms with Crippen LogP contribution in [0.4, 0.5) is 0 Å². The summed E-state index contributed by atoms with van der Waals surface area (Å²) in [5, 5.41) is 0. The van der Waals surface area contributed by atoms with Gasteiger partial charge in [0, 0.05) is 19.3 Å². The minimum Gasteiger partial charge on any atom is -0.462 e. The summed E-state index contributed by atoms with van der Waals surface area (Å²) >= 11 is 0. The molecule has 0 bridgehead atoms. The molecule has 1 unspecified atom stereocenters. The second-order valence-corrected chi connectivity index (χ2v) is 20.9. The highest BCUT2D eigenvalue weighted by atomic mass is 16.6. The molecule has 0 fully saturated rings. The fourth-order valence-corrected chi connectivity index (χ4v) is 8.53. The molecule has 0 rings (SSSR count). The number of carbonyl (C=O) groups is 3. The topological polar surface area (TPSA) is 78.9 Å². The van der Waals surface area contributed by atoms with Gasteiger partial charge in [-0.1, -0.05) is 269 Å². The molecule has 0 radical (unpaired) electrons. The standard InChI is InChI=1S/C73H118O6/c1-4-7-10-13-16-19-22-25-27-28-29-30-31-32-33-34-35-36-37-38-39-40-41-42-43-44-46-48-51-54-57-60-63-66-72(75)78-69-70(68-77-71(74)65-62-59-56-53-50-47-24-21-18-15-12-9-6-3)79-73(76)67-64-61-58-55-52-49-45-26-23-20-17-14-11-8-5-2/h7-8,10-12,15-17,19-21,24-27,29-30,32-33,35-36,45,52,55,70H,4-6,9,13-14,18,22-23,28,31,34,37-44,46-51,53-54,56-69H2,1-3H3/b10-7-,11-8-,15-12-,19-16-,20-17-,24-21-,27-25-,30-29-,33-32-,36-35-,45-26-,55-52-. The van der Waals surface area contributed by atoms with E-state index in [2.05, 4.69) is 167 Å². The molecule has 0 N–H and O–H groups in total. The van der Waals surface area contributed by atoms with Gasteiger partial charge in [0.25, 0.3) is 0 Å². The molecule has 0 aromatic carbocycles. The van der Waals surface area contributed by atoms with Crippen LogP contribution in [0, 0.1) is 0 Å². The maximum atomic E-state index is 12.9. The van der Waals surface area contributed by atoms with E-state index in [1.165, 1.54) is 83.5 Å². The van der Waals surface area contributed by atoms with Crippen LogP contribution in [-0.4, -0.2) is 37.2 Å². The molecule has 1 atom stereocenters. The average Bonchev–Trinajstić information content (AvgIpc) is 3.45. The SMILES string of the molecule is CC/C=C\C/C=C\C/C=C\C/C=C\C/C=C\C/C=C\CCCCCCCCCCCCCCCCC(=O)OCC(COC(=O)CCCCCCC/C=C\C/C=C\CCC)OC(=O)CCCC/C=C\C/C=C\C/C=C\C/C=C\CC. The lowest BCUT2D eigenvalue weighted by atomic mass is 10.0. The van der Waals surface area contributed by atoms with E-state index in [-0.39, 0.29) is 37.5 Å². The summed E-state index contributed by atoms with van der Waals surface area (Å²) < 4.78 is 16.8. The van der Waals surface area contributed by atoms with Gasteiger partial charge in [0.2, 0.25) is 0 Å². The number of rotatable bonds is 57. The molecule has 0 heterocycles. The van der Waals surface area contributed by atoms with Crippen molar-refractivity contribution in [3.8, 4) is 0 Å². The molecule has 0 aliphatic heterocycles. The van der Waals surface area contributed by atoms with Crippen LogP contribution >= 0.6 is 0 Å². The first kappa shape index (κ1) is 74.3. The Labute approximate surface area is 487 Å². The van der Waals surface area contributed by atoms with Gasteiger partial charge < -0.3 is 14.2 Å². The monoisotopic (exact) mass is 1090 g/mol. The summed E-state index contributed by atoms with van der Waals surface area (Å²) in [7, 11) is 0. The highest BCUT2D eigenvalue weighted by molar-refractivity contribution is 5.71. The Balaban J connectivity index is 4.24. The summed E-state index contributed by atoms with van der Waals surface area (Å²) in [6, 6.07) is 0. The Morgan fingerprint density at radius 1 is 0.266 bits per heavy atom. The fraction of sp³-hybridized carbons (Fsp3) is 0.630. The van der Waals surface area contributed by atoms with Gasteiger partial charge in [0.15, 0.2) is 6.10 Å². The molecule has 0 saturated carbocycles. The molecule has 6 nitrogen and oxygen atoms in total. The molecular formula is C73H118O6. The van der Waals surface area contributed by atoms with Crippen LogP contribution in [0.2, 0.25) is 0 Å². The van der Waals surface area contributed by atoms with E-state index in [1.807, 2.05) is 0 Å². The van der Waals surface area contributed by atoms with E-state index in [0.29, 0.717) is 19.3 Å². The van der Waals surface area contributed by atoms with Crippen LogP contribution in [-0.2, 0) is 28.6 Å². The van der Waals surface area contributed by atoms with E-state index in [4.69, 9.17) is 14.2 Å². The molecule has 0 spiro atoms. The first-order chi connectivity index (χ1) is 39.0. The maximum Gasteiger partial charge on any atom is 0.306 e. The molecule has 0 aliphatic carbocycles. The maximum absolute atomic E-state index is 12.9. The van der Waals surface area contributed by atoms with Crippen LogP contribution in [0.25, 0.3) is 0 Å². The van der Waals surface area contributed by atoms with Gasteiger partial charge in [0.1, 0.15) is 13.2 Å². The second-order valence-electron chi connectivity index (χ2n) is 20.9. The minimum atomic E-state index is -0.811. The fourth-order valence-electron chi connectivity index (χ4n) is 8.53. The lowest BCUT2D eigenvalue weighted by molar-refractivity contribution is -0.167. The van der Waals surface area contributed by atoms with Crippen LogP contribution in [0.5, 0.6) is 0 Å².